The zero-order chi connectivity index (χ0) is 14.2. The summed E-state index contributed by atoms with van der Waals surface area (Å²) in [5, 5.41) is 0. The van der Waals surface area contributed by atoms with Crippen LogP contribution >= 0.6 is 0 Å². The van der Waals surface area contributed by atoms with Gasteiger partial charge in [-0.3, -0.25) is 0 Å². The van der Waals surface area contributed by atoms with Gasteiger partial charge in [-0.15, -0.1) is 0 Å². The zero-order valence-electron chi connectivity index (χ0n) is 11.6. The lowest BCUT2D eigenvalue weighted by Crippen LogP contribution is -2.53. The number of nitrogens with two attached hydrogens (primary N) is 1. The quantitative estimate of drug-likeness (QED) is 0.929. The summed E-state index contributed by atoms with van der Waals surface area (Å²) in [5.74, 6) is -0.210. The Morgan fingerprint density at radius 1 is 1.05 bits per heavy atom. The van der Waals surface area contributed by atoms with Gasteiger partial charge in [-0.25, -0.2) is 4.39 Å². The smallest absolute Gasteiger partial charge is 0.123 e. The standard InChI is InChI=1S/C17H19FN2/c1-20(16-8-6-15(18)7-9-16)17(12-19)10-13-4-2-3-5-14(13)11-17/h2-9H,10-12,19H2,1H3. The van der Waals surface area contributed by atoms with Crippen LogP contribution < -0.4 is 10.6 Å². The van der Waals surface area contributed by atoms with E-state index in [2.05, 4.69) is 29.2 Å². The zero-order valence-corrected chi connectivity index (χ0v) is 11.6. The first-order chi connectivity index (χ1) is 9.64. The molecule has 0 saturated carbocycles. The van der Waals surface area contributed by atoms with Crippen LogP contribution in [0.15, 0.2) is 48.5 Å². The van der Waals surface area contributed by atoms with Gasteiger partial charge in [-0.1, -0.05) is 24.3 Å². The van der Waals surface area contributed by atoms with Crippen molar-refractivity contribution < 1.29 is 4.39 Å². The van der Waals surface area contributed by atoms with Crippen molar-refractivity contribution >= 4 is 5.69 Å². The molecule has 2 aromatic carbocycles. The first-order valence-corrected chi connectivity index (χ1v) is 6.91. The van der Waals surface area contributed by atoms with E-state index < -0.39 is 0 Å². The number of fused-ring (bicyclic) bond motifs is 1. The monoisotopic (exact) mass is 270 g/mol. The van der Waals surface area contributed by atoms with Crippen molar-refractivity contribution in [2.75, 3.05) is 18.5 Å². The first-order valence-electron chi connectivity index (χ1n) is 6.91. The molecule has 0 bridgehead atoms. The number of hydrogen-bond acceptors (Lipinski definition) is 2. The van der Waals surface area contributed by atoms with Crippen LogP contribution in [0.4, 0.5) is 10.1 Å². The summed E-state index contributed by atoms with van der Waals surface area (Å²) in [7, 11) is 2.05. The molecule has 0 atom stereocenters. The predicted octanol–water partition coefficient (Wildman–Crippen LogP) is 2.76. The van der Waals surface area contributed by atoms with E-state index in [4.69, 9.17) is 5.73 Å². The molecule has 2 aromatic rings. The van der Waals surface area contributed by atoms with Gasteiger partial charge in [0.25, 0.3) is 0 Å². The lowest BCUT2D eigenvalue weighted by atomic mass is 9.93. The molecule has 0 fully saturated rings. The Balaban J connectivity index is 1.93. The molecule has 0 unspecified atom stereocenters. The molecular weight excluding hydrogens is 251 g/mol. The number of likely N-dealkylation sites (N-methyl/N-ethyl adjacent to an activating group) is 1. The van der Waals surface area contributed by atoms with E-state index >= 15 is 0 Å². The Hall–Kier alpha value is -1.87. The van der Waals surface area contributed by atoms with Crippen molar-refractivity contribution in [2.45, 2.75) is 18.4 Å². The molecule has 0 heterocycles. The highest BCUT2D eigenvalue weighted by Crippen LogP contribution is 2.35. The van der Waals surface area contributed by atoms with Crippen LogP contribution in [0.25, 0.3) is 0 Å². The molecule has 2 N–H and O–H groups in total. The summed E-state index contributed by atoms with van der Waals surface area (Å²) in [4.78, 5) is 2.20. The van der Waals surface area contributed by atoms with Crippen molar-refractivity contribution in [3.63, 3.8) is 0 Å². The summed E-state index contributed by atoms with van der Waals surface area (Å²) in [6.45, 7) is 0.579. The maximum absolute atomic E-state index is 13.1. The molecule has 0 aliphatic heterocycles. The summed E-state index contributed by atoms with van der Waals surface area (Å²) < 4.78 is 13.1. The van der Waals surface area contributed by atoms with Gasteiger partial charge in [-0.2, -0.15) is 0 Å². The van der Waals surface area contributed by atoms with Gasteiger partial charge in [0.05, 0.1) is 5.54 Å². The third-order valence-corrected chi connectivity index (χ3v) is 4.46. The van der Waals surface area contributed by atoms with Crippen LogP contribution in [0.1, 0.15) is 11.1 Å². The molecule has 3 rings (SSSR count). The van der Waals surface area contributed by atoms with Crippen molar-refractivity contribution in [1.29, 1.82) is 0 Å². The highest BCUT2D eigenvalue weighted by Gasteiger charge is 2.39. The number of benzene rings is 2. The van der Waals surface area contributed by atoms with E-state index in [0.717, 1.165) is 18.5 Å². The van der Waals surface area contributed by atoms with E-state index in [9.17, 15) is 4.39 Å². The van der Waals surface area contributed by atoms with Gasteiger partial charge in [0.1, 0.15) is 5.82 Å². The highest BCUT2D eigenvalue weighted by atomic mass is 19.1. The van der Waals surface area contributed by atoms with E-state index in [1.54, 1.807) is 0 Å². The summed E-state index contributed by atoms with van der Waals surface area (Å²) in [6.07, 6.45) is 1.88. The third-order valence-electron chi connectivity index (χ3n) is 4.46. The van der Waals surface area contributed by atoms with Crippen LogP contribution in [0.3, 0.4) is 0 Å². The molecule has 0 radical (unpaired) electrons. The Labute approximate surface area is 119 Å². The predicted molar refractivity (Wildman–Crippen MR) is 80.4 cm³/mol. The molecular formula is C17H19FN2. The molecule has 0 amide bonds. The average molecular weight is 270 g/mol. The normalized spacial score (nSPS) is 15.9. The van der Waals surface area contributed by atoms with Crippen LogP contribution in [-0.2, 0) is 12.8 Å². The second kappa shape index (κ2) is 4.91. The largest absolute Gasteiger partial charge is 0.367 e. The van der Waals surface area contributed by atoms with Gasteiger partial charge >= 0.3 is 0 Å². The first kappa shape index (κ1) is 13.1. The number of nitrogens with zero attached hydrogens (tertiary/aromatic N) is 1. The molecule has 0 spiro atoms. The van der Waals surface area contributed by atoms with Gasteiger partial charge in [0.15, 0.2) is 0 Å². The maximum atomic E-state index is 13.1. The van der Waals surface area contributed by atoms with E-state index in [-0.39, 0.29) is 11.4 Å². The molecule has 3 heteroatoms. The van der Waals surface area contributed by atoms with Crippen molar-refractivity contribution in [3.8, 4) is 0 Å². The number of anilines is 1. The maximum Gasteiger partial charge on any atom is 0.123 e. The lowest BCUT2D eigenvalue weighted by molar-refractivity contribution is 0.434. The van der Waals surface area contributed by atoms with Crippen molar-refractivity contribution in [2.24, 2.45) is 5.73 Å². The van der Waals surface area contributed by atoms with Crippen LogP contribution in [-0.4, -0.2) is 19.1 Å². The molecule has 2 nitrogen and oxygen atoms in total. The van der Waals surface area contributed by atoms with Gasteiger partial charge < -0.3 is 10.6 Å². The minimum Gasteiger partial charge on any atom is -0.367 e. The van der Waals surface area contributed by atoms with E-state index in [0.29, 0.717) is 6.54 Å². The summed E-state index contributed by atoms with van der Waals surface area (Å²) >= 11 is 0. The fourth-order valence-electron chi connectivity index (χ4n) is 3.13. The second-order valence-corrected chi connectivity index (χ2v) is 5.59. The molecule has 104 valence electrons. The fraction of sp³-hybridized carbons (Fsp3) is 0.294. The second-order valence-electron chi connectivity index (χ2n) is 5.59. The number of halogens is 1. The van der Waals surface area contributed by atoms with E-state index in [1.165, 1.54) is 23.3 Å². The minimum absolute atomic E-state index is 0.110. The molecule has 1 aliphatic carbocycles. The van der Waals surface area contributed by atoms with Gasteiger partial charge in [0, 0.05) is 19.3 Å². The van der Waals surface area contributed by atoms with Crippen LogP contribution in [0.5, 0.6) is 0 Å². The molecule has 20 heavy (non-hydrogen) atoms. The average Bonchev–Trinajstić information content (AvgIpc) is 2.87. The lowest BCUT2D eigenvalue weighted by Gasteiger charge is -2.39. The van der Waals surface area contributed by atoms with Gasteiger partial charge in [0.2, 0.25) is 0 Å². The third kappa shape index (κ3) is 2.08. The van der Waals surface area contributed by atoms with Crippen LogP contribution in [0.2, 0.25) is 0 Å². The number of rotatable bonds is 3. The van der Waals surface area contributed by atoms with E-state index in [1.807, 2.05) is 19.2 Å². The molecule has 0 aromatic heterocycles. The molecule has 1 aliphatic rings. The summed E-state index contributed by atoms with van der Waals surface area (Å²) in [6, 6.07) is 15.1. The SMILES string of the molecule is CN(c1ccc(F)cc1)C1(CN)Cc2ccccc2C1. The highest BCUT2D eigenvalue weighted by molar-refractivity contribution is 5.52. The van der Waals surface area contributed by atoms with Crippen molar-refractivity contribution in [3.05, 3.63) is 65.5 Å². The Bertz CT molecular complexity index is 582. The topological polar surface area (TPSA) is 29.3 Å². The minimum atomic E-state index is -0.210. The summed E-state index contributed by atoms with van der Waals surface area (Å²) in [5.41, 5.74) is 9.73. The Morgan fingerprint density at radius 3 is 2.10 bits per heavy atom. The number of hydrogen-bond donors (Lipinski definition) is 1. The Morgan fingerprint density at radius 2 is 1.60 bits per heavy atom. The fourth-order valence-corrected chi connectivity index (χ4v) is 3.13. The Kier molecular flexibility index (Phi) is 3.22. The van der Waals surface area contributed by atoms with Gasteiger partial charge in [-0.05, 0) is 48.2 Å². The van der Waals surface area contributed by atoms with Crippen molar-refractivity contribution in [1.82, 2.24) is 0 Å². The van der Waals surface area contributed by atoms with Crippen LogP contribution in [0, 0.1) is 5.82 Å². The molecule has 0 saturated heterocycles.